The Kier molecular flexibility index (Phi) is 9.46. The Morgan fingerprint density at radius 2 is 1.65 bits per heavy atom. The van der Waals surface area contributed by atoms with Crippen LogP contribution in [0.1, 0.15) is 94.0 Å². The lowest BCUT2D eigenvalue weighted by Gasteiger charge is -2.37. The van der Waals surface area contributed by atoms with Crippen LogP contribution in [0.2, 0.25) is 0 Å². The number of carboxylic acid groups (broad SMARTS) is 1. The van der Waals surface area contributed by atoms with Crippen molar-refractivity contribution >= 4 is 22.6 Å². The number of aromatic carboxylic acids is 1. The van der Waals surface area contributed by atoms with E-state index in [2.05, 4.69) is 11.8 Å². The number of hydrogen-bond acceptors (Lipinski definition) is 5. The van der Waals surface area contributed by atoms with Gasteiger partial charge in [0.2, 0.25) is 5.43 Å². The highest BCUT2D eigenvalue weighted by Gasteiger charge is 2.32. The first-order chi connectivity index (χ1) is 18.0. The van der Waals surface area contributed by atoms with Crippen LogP contribution in [0, 0.1) is 5.82 Å². The molecule has 0 spiro atoms. The van der Waals surface area contributed by atoms with E-state index >= 15 is 4.39 Å². The molecule has 2 aromatic rings. The lowest BCUT2D eigenvalue weighted by molar-refractivity contribution is 0.0694. The summed E-state index contributed by atoms with van der Waals surface area (Å²) in [4.78, 5) is 29.0. The fourth-order valence-electron chi connectivity index (χ4n) is 5.57. The average molecular weight is 516 g/mol. The van der Waals surface area contributed by atoms with Crippen molar-refractivity contribution in [3.05, 3.63) is 33.9 Å². The van der Waals surface area contributed by atoms with E-state index in [-0.39, 0.29) is 17.0 Å². The van der Waals surface area contributed by atoms with Crippen LogP contribution in [-0.2, 0) is 0 Å². The van der Waals surface area contributed by atoms with E-state index in [9.17, 15) is 14.7 Å². The second-order valence-corrected chi connectivity index (χ2v) is 10.6. The van der Waals surface area contributed by atoms with Crippen molar-refractivity contribution in [2.24, 2.45) is 0 Å². The predicted octanol–water partition coefficient (Wildman–Crippen LogP) is 5.84. The summed E-state index contributed by atoms with van der Waals surface area (Å²) in [6.45, 7) is 6.38. The minimum Gasteiger partial charge on any atom is -0.492 e. The Hall–Kier alpha value is -2.61. The topological polar surface area (TPSA) is 75.0 Å². The van der Waals surface area contributed by atoms with Gasteiger partial charge in [-0.25, -0.2) is 9.18 Å². The summed E-state index contributed by atoms with van der Waals surface area (Å²) < 4.78 is 23.0. The lowest BCUT2D eigenvalue weighted by atomic mass is 10.1. The van der Waals surface area contributed by atoms with Crippen molar-refractivity contribution in [1.82, 2.24) is 9.47 Å². The van der Waals surface area contributed by atoms with E-state index in [0.717, 1.165) is 32.5 Å². The van der Waals surface area contributed by atoms with Crippen molar-refractivity contribution in [2.75, 3.05) is 44.7 Å². The smallest absolute Gasteiger partial charge is 0.341 e. The highest BCUT2D eigenvalue weighted by molar-refractivity contribution is 5.97. The molecule has 204 valence electrons. The fourth-order valence-corrected chi connectivity index (χ4v) is 5.57. The Labute approximate surface area is 219 Å². The van der Waals surface area contributed by atoms with Gasteiger partial charge in [-0.1, -0.05) is 58.3 Å². The number of halogens is 1. The van der Waals surface area contributed by atoms with Gasteiger partial charge in [-0.3, -0.25) is 9.69 Å². The Balaban J connectivity index is 1.41. The minimum absolute atomic E-state index is 0.0638. The average Bonchev–Trinajstić information content (AvgIpc) is 3.73. The summed E-state index contributed by atoms with van der Waals surface area (Å²) in [6.07, 6.45) is 15.0. The number of unbranched alkanes of at least 4 members (excludes halogenated alkanes) is 8. The second kappa shape index (κ2) is 12.8. The molecular formula is C29H42FN3O4. The summed E-state index contributed by atoms with van der Waals surface area (Å²) in [5.74, 6) is -1.52. The van der Waals surface area contributed by atoms with Gasteiger partial charge in [0.25, 0.3) is 0 Å². The number of methoxy groups -OCH3 is 1. The highest BCUT2D eigenvalue weighted by atomic mass is 19.1. The van der Waals surface area contributed by atoms with E-state index in [1.54, 1.807) is 0 Å². The molecule has 1 aromatic carbocycles. The number of anilines is 1. The van der Waals surface area contributed by atoms with E-state index in [1.165, 1.54) is 77.2 Å². The van der Waals surface area contributed by atoms with E-state index in [1.807, 2.05) is 9.47 Å². The molecule has 1 aliphatic heterocycles. The van der Waals surface area contributed by atoms with Crippen LogP contribution in [0.4, 0.5) is 10.1 Å². The molecule has 1 N–H and O–H groups in total. The highest BCUT2D eigenvalue weighted by Crippen LogP contribution is 2.43. The van der Waals surface area contributed by atoms with Crippen molar-refractivity contribution in [3.8, 4) is 5.75 Å². The van der Waals surface area contributed by atoms with Gasteiger partial charge in [0, 0.05) is 38.4 Å². The zero-order valence-corrected chi connectivity index (χ0v) is 22.4. The molecule has 2 heterocycles. The number of pyridine rings is 1. The first-order valence-electron chi connectivity index (χ1n) is 14.1. The van der Waals surface area contributed by atoms with Gasteiger partial charge in [0.15, 0.2) is 11.6 Å². The van der Waals surface area contributed by atoms with Gasteiger partial charge in [-0.15, -0.1) is 0 Å². The molecule has 8 heteroatoms. The van der Waals surface area contributed by atoms with Gasteiger partial charge in [0.1, 0.15) is 11.3 Å². The number of aromatic nitrogens is 1. The molecule has 0 atom stereocenters. The van der Waals surface area contributed by atoms with Crippen molar-refractivity contribution < 1.29 is 19.0 Å². The number of nitrogens with zero attached hydrogens (tertiary/aromatic N) is 3. The van der Waals surface area contributed by atoms with Crippen molar-refractivity contribution in [3.63, 3.8) is 0 Å². The first-order valence-corrected chi connectivity index (χ1v) is 14.1. The van der Waals surface area contributed by atoms with Crippen molar-refractivity contribution in [2.45, 2.75) is 83.6 Å². The van der Waals surface area contributed by atoms with Crippen LogP contribution < -0.4 is 15.1 Å². The molecule has 1 saturated carbocycles. The molecule has 2 fully saturated rings. The Bertz CT molecular complexity index is 1140. The van der Waals surface area contributed by atoms with Crippen LogP contribution in [0.3, 0.4) is 0 Å². The quantitative estimate of drug-likeness (QED) is 0.319. The normalized spacial score (nSPS) is 16.5. The van der Waals surface area contributed by atoms with Gasteiger partial charge < -0.3 is 19.3 Å². The monoisotopic (exact) mass is 515 g/mol. The summed E-state index contributed by atoms with van der Waals surface area (Å²) in [7, 11) is 1.49. The number of ether oxygens (including phenoxy) is 1. The fraction of sp³-hybridized carbons (Fsp3) is 0.655. The molecule has 0 bridgehead atoms. The molecule has 7 nitrogen and oxygen atoms in total. The van der Waals surface area contributed by atoms with Crippen LogP contribution >= 0.6 is 0 Å². The molecule has 0 unspecified atom stereocenters. The third kappa shape index (κ3) is 6.46. The number of piperazine rings is 1. The van der Waals surface area contributed by atoms with Gasteiger partial charge in [-0.05, 0) is 31.9 Å². The van der Waals surface area contributed by atoms with Crippen LogP contribution in [-0.4, -0.2) is 60.4 Å². The van der Waals surface area contributed by atoms with Gasteiger partial charge in [0.05, 0.1) is 18.0 Å². The minimum atomic E-state index is -1.30. The van der Waals surface area contributed by atoms with E-state index < -0.39 is 17.2 Å². The molecule has 1 aromatic heterocycles. The van der Waals surface area contributed by atoms with Crippen LogP contribution in [0.25, 0.3) is 10.9 Å². The number of benzene rings is 1. The van der Waals surface area contributed by atoms with E-state index in [0.29, 0.717) is 30.0 Å². The van der Waals surface area contributed by atoms with E-state index in [4.69, 9.17) is 4.74 Å². The Morgan fingerprint density at radius 1 is 1.03 bits per heavy atom. The van der Waals surface area contributed by atoms with Gasteiger partial charge >= 0.3 is 5.97 Å². The third-order valence-electron chi connectivity index (χ3n) is 7.84. The summed E-state index contributed by atoms with van der Waals surface area (Å²) in [5, 5.41) is 9.59. The molecule has 2 aliphatic rings. The first kappa shape index (κ1) is 27.4. The maximum absolute atomic E-state index is 15.5. The standard InChI is InChI=1S/C29H42FN3O4/c1-3-4-5-6-7-8-9-10-11-14-31-15-17-32(18-16-31)26-24(30)19-22-25(28(26)37-2)33(21-12-13-21)20-23(27(22)34)29(35)36/h19-21H,3-18H2,1-2H3,(H,35,36). The molecule has 4 rings (SSSR count). The summed E-state index contributed by atoms with van der Waals surface area (Å²) in [5.41, 5.74) is -0.143. The molecular weight excluding hydrogens is 473 g/mol. The molecule has 1 aliphatic carbocycles. The molecule has 1 saturated heterocycles. The predicted molar refractivity (Wildman–Crippen MR) is 146 cm³/mol. The number of hydrogen-bond donors (Lipinski definition) is 1. The number of carboxylic acids is 1. The lowest BCUT2D eigenvalue weighted by Crippen LogP contribution is -2.47. The largest absolute Gasteiger partial charge is 0.492 e. The van der Waals surface area contributed by atoms with Crippen LogP contribution in [0.5, 0.6) is 5.75 Å². The zero-order chi connectivity index (χ0) is 26.4. The Morgan fingerprint density at radius 3 is 2.22 bits per heavy atom. The van der Waals surface area contributed by atoms with Crippen LogP contribution in [0.15, 0.2) is 17.1 Å². The SMILES string of the molecule is CCCCCCCCCCCN1CCN(c2c(F)cc3c(=O)c(C(=O)O)cn(C4CC4)c3c2OC)CC1. The summed E-state index contributed by atoms with van der Waals surface area (Å²) >= 11 is 0. The molecule has 0 radical (unpaired) electrons. The van der Waals surface area contributed by atoms with Crippen molar-refractivity contribution in [1.29, 1.82) is 0 Å². The number of fused-ring (bicyclic) bond motifs is 1. The summed E-state index contributed by atoms with van der Waals surface area (Å²) in [6, 6.07) is 1.30. The molecule has 37 heavy (non-hydrogen) atoms. The number of rotatable bonds is 14. The third-order valence-corrected chi connectivity index (χ3v) is 7.84. The maximum atomic E-state index is 15.5. The van der Waals surface area contributed by atoms with Gasteiger partial charge in [-0.2, -0.15) is 0 Å². The maximum Gasteiger partial charge on any atom is 0.341 e. The molecule has 0 amide bonds. The second-order valence-electron chi connectivity index (χ2n) is 10.6. The zero-order valence-electron chi connectivity index (χ0n) is 22.4. The number of carbonyl (C=O) groups is 1.